The van der Waals surface area contributed by atoms with Crippen LogP contribution in [0.4, 0.5) is 11.4 Å². The van der Waals surface area contributed by atoms with Crippen LogP contribution < -0.4 is 20.1 Å². The molecule has 2 aromatic carbocycles. The van der Waals surface area contributed by atoms with Gasteiger partial charge in [0.15, 0.2) is 0 Å². The number of carbonyl (C=O) groups excluding carboxylic acids is 1. The molecule has 0 bridgehead atoms. The summed E-state index contributed by atoms with van der Waals surface area (Å²) in [6, 6.07) is 15.0. The second-order valence-electron chi connectivity index (χ2n) is 6.37. The van der Waals surface area contributed by atoms with Crippen LogP contribution in [0.5, 0.6) is 11.5 Å². The molecule has 1 amide bonds. The molecule has 0 aliphatic rings. The molecule has 0 radical (unpaired) electrons. The normalized spacial score (nSPS) is 10.1. The summed E-state index contributed by atoms with van der Waals surface area (Å²) in [5, 5.41) is 5.99. The summed E-state index contributed by atoms with van der Waals surface area (Å²) in [7, 11) is 0. The van der Waals surface area contributed by atoms with E-state index in [1.54, 1.807) is 0 Å². The highest BCUT2D eigenvalue weighted by molar-refractivity contribution is 5.94. The van der Waals surface area contributed by atoms with Gasteiger partial charge in [-0.3, -0.25) is 4.79 Å². The molecule has 0 atom stereocenters. The molecule has 0 aliphatic carbocycles. The molecule has 0 unspecified atom stereocenters. The van der Waals surface area contributed by atoms with Crippen molar-refractivity contribution in [2.24, 2.45) is 0 Å². The van der Waals surface area contributed by atoms with E-state index in [4.69, 9.17) is 9.47 Å². The minimum Gasteiger partial charge on any atom is -0.494 e. The average molecular weight is 368 g/mol. The molecule has 0 spiro atoms. The molecule has 0 fully saturated rings. The molecular weight excluding hydrogens is 340 g/mol. The summed E-state index contributed by atoms with van der Waals surface area (Å²) in [4.78, 5) is 12.3. The molecule has 0 aromatic heterocycles. The fraction of sp³-hybridized carbons (Fsp3) is 0.318. The van der Waals surface area contributed by atoms with E-state index in [-0.39, 0.29) is 12.5 Å². The lowest BCUT2D eigenvalue weighted by molar-refractivity contribution is -0.114. The van der Waals surface area contributed by atoms with E-state index in [9.17, 15) is 4.79 Å². The van der Waals surface area contributed by atoms with Gasteiger partial charge in [-0.05, 0) is 43.2 Å². The van der Waals surface area contributed by atoms with Gasteiger partial charge in [-0.2, -0.15) is 0 Å². The Morgan fingerprint density at radius 2 is 1.93 bits per heavy atom. The summed E-state index contributed by atoms with van der Waals surface area (Å²) in [6.07, 6.45) is 2.09. The Labute approximate surface area is 161 Å². The summed E-state index contributed by atoms with van der Waals surface area (Å²) in [5.74, 6) is 1.31. The molecule has 2 aromatic rings. The third-order valence-electron chi connectivity index (χ3n) is 3.68. The maximum Gasteiger partial charge on any atom is 0.243 e. The summed E-state index contributed by atoms with van der Waals surface area (Å²) in [6.45, 7) is 9.11. The first-order valence-corrected chi connectivity index (χ1v) is 9.21. The van der Waals surface area contributed by atoms with Gasteiger partial charge in [-0.15, -0.1) is 0 Å². The first kappa shape index (κ1) is 20.4. The van der Waals surface area contributed by atoms with E-state index in [0.717, 1.165) is 29.9 Å². The van der Waals surface area contributed by atoms with Crippen LogP contribution in [-0.2, 0) is 4.79 Å². The van der Waals surface area contributed by atoms with Crippen LogP contribution >= 0.6 is 0 Å². The zero-order valence-electron chi connectivity index (χ0n) is 16.1. The minimum atomic E-state index is -0.143. The maximum absolute atomic E-state index is 12.3. The van der Waals surface area contributed by atoms with E-state index in [1.807, 2.05) is 55.5 Å². The van der Waals surface area contributed by atoms with Crippen LogP contribution in [0, 0.1) is 0 Å². The summed E-state index contributed by atoms with van der Waals surface area (Å²) >= 11 is 0. The molecule has 2 N–H and O–H groups in total. The van der Waals surface area contributed by atoms with Crippen LogP contribution in [0.15, 0.2) is 60.7 Å². The van der Waals surface area contributed by atoms with Gasteiger partial charge in [-0.1, -0.05) is 38.1 Å². The first-order chi connectivity index (χ1) is 13.1. The topological polar surface area (TPSA) is 59.6 Å². The Hall–Kier alpha value is -2.95. The van der Waals surface area contributed by atoms with Gasteiger partial charge in [0.05, 0.1) is 18.8 Å². The van der Waals surface area contributed by atoms with Crippen molar-refractivity contribution < 1.29 is 14.3 Å². The Bertz CT molecular complexity index is 759. The van der Waals surface area contributed by atoms with Crippen LogP contribution in [0.1, 0.15) is 26.7 Å². The van der Waals surface area contributed by atoms with Gasteiger partial charge in [0, 0.05) is 11.8 Å². The van der Waals surface area contributed by atoms with E-state index in [1.165, 1.54) is 0 Å². The second kappa shape index (κ2) is 10.9. The Balaban J connectivity index is 1.88. The largest absolute Gasteiger partial charge is 0.494 e. The standard InChI is InChI=1S/C22H28N2O3/c1-4-5-13-26-19-10-8-9-18(14-19)24-22(25)15-23-20-11-6-7-12-21(20)27-16-17(2)3/h6-12,14,23H,2,4-5,13,15-16H2,1,3H3,(H,24,25). The molecule has 2 rings (SSSR count). The molecule has 27 heavy (non-hydrogen) atoms. The number of anilines is 2. The fourth-order valence-corrected chi connectivity index (χ4v) is 2.32. The van der Waals surface area contributed by atoms with Gasteiger partial charge in [0.1, 0.15) is 18.1 Å². The molecule has 0 saturated carbocycles. The van der Waals surface area contributed by atoms with E-state index in [2.05, 4.69) is 24.1 Å². The van der Waals surface area contributed by atoms with Gasteiger partial charge in [0.2, 0.25) is 5.91 Å². The molecule has 0 heterocycles. The third-order valence-corrected chi connectivity index (χ3v) is 3.68. The van der Waals surface area contributed by atoms with Crippen molar-refractivity contribution >= 4 is 17.3 Å². The first-order valence-electron chi connectivity index (χ1n) is 9.21. The van der Waals surface area contributed by atoms with E-state index in [0.29, 0.717) is 24.7 Å². The number of rotatable bonds is 11. The number of nitrogens with one attached hydrogen (secondary N) is 2. The highest BCUT2D eigenvalue weighted by atomic mass is 16.5. The summed E-state index contributed by atoms with van der Waals surface area (Å²) in [5.41, 5.74) is 2.41. The number of amides is 1. The molecule has 0 saturated heterocycles. The zero-order valence-corrected chi connectivity index (χ0v) is 16.1. The van der Waals surface area contributed by atoms with Gasteiger partial charge < -0.3 is 20.1 Å². The predicted molar refractivity (Wildman–Crippen MR) is 111 cm³/mol. The monoisotopic (exact) mass is 368 g/mol. The smallest absolute Gasteiger partial charge is 0.243 e. The maximum atomic E-state index is 12.3. The number of hydrogen-bond donors (Lipinski definition) is 2. The van der Waals surface area contributed by atoms with E-state index < -0.39 is 0 Å². The lowest BCUT2D eigenvalue weighted by Crippen LogP contribution is -2.22. The number of unbranched alkanes of at least 4 members (excludes halogenated alkanes) is 1. The Morgan fingerprint density at radius 1 is 1.11 bits per heavy atom. The predicted octanol–water partition coefficient (Wildman–Crippen LogP) is 4.87. The molecule has 5 heteroatoms. The zero-order chi connectivity index (χ0) is 19.5. The highest BCUT2D eigenvalue weighted by Gasteiger charge is 2.07. The Morgan fingerprint density at radius 3 is 2.70 bits per heavy atom. The third kappa shape index (κ3) is 7.44. The highest BCUT2D eigenvalue weighted by Crippen LogP contribution is 2.24. The van der Waals surface area contributed by atoms with Crippen LogP contribution in [-0.4, -0.2) is 25.7 Å². The number of carbonyl (C=O) groups is 1. The van der Waals surface area contributed by atoms with Gasteiger partial charge >= 0.3 is 0 Å². The van der Waals surface area contributed by atoms with Crippen molar-refractivity contribution in [3.63, 3.8) is 0 Å². The average Bonchev–Trinajstić information content (AvgIpc) is 2.66. The van der Waals surface area contributed by atoms with Crippen molar-refractivity contribution in [3.05, 3.63) is 60.7 Å². The van der Waals surface area contributed by atoms with Crippen LogP contribution in [0.2, 0.25) is 0 Å². The molecule has 0 aliphatic heterocycles. The number of hydrogen-bond acceptors (Lipinski definition) is 4. The SMILES string of the molecule is C=C(C)COc1ccccc1NCC(=O)Nc1cccc(OCCCC)c1. The summed E-state index contributed by atoms with van der Waals surface area (Å²) < 4.78 is 11.4. The lowest BCUT2D eigenvalue weighted by Gasteiger charge is -2.13. The Kier molecular flexibility index (Phi) is 8.23. The number of benzene rings is 2. The van der Waals surface area contributed by atoms with Crippen molar-refractivity contribution in [1.82, 2.24) is 0 Å². The quantitative estimate of drug-likeness (QED) is 0.439. The van der Waals surface area contributed by atoms with Crippen molar-refractivity contribution in [3.8, 4) is 11.5 Å². The van der Waals surface area contributed by atoms with Gasteiger partial charge in [-0.25, -0.2) is 0 Å². The van der Waals surface area contributed by atoms with Crippen molar-refractivity contribution in [1.29, 1.82) is 0 Å². The minimum absolute atomic E-state index is 0.133. The van der Waals surface area contributed by atoms with Gasteiger partial charge in [0.25, 0.3) is 0 Å². The molecular formula is C22H28N2O3. The van der Waals surface area contributed by atoms with Crippen LogP contribution in [0.25, 0.3) is 0 Å². The van der Waals surface area contributed by atoms with Crippen LogP contribution in [0.3, 0.4) is 0 Å². The fourth-order valence-electron chi connectivity index (χ4n) is 2.32. The number of para-hydroxylation sites is 2. The number of ether oxygens (including phenoxy) is 2. The molecule has 5 nitrogen and oxygen atoms in total. The van der Waals surface area contributed by atoms with Crippen molar-refractivity contribution in [2.75, 3.05) is 30.4 Å². The lowest BCUT2D eigenvalue weighted by atomic mass is 10.2. The van der Waals surface area contributed by atoms with Crippen molar-refractivity contribution in [2.45, 2.75) is 26.7 Å². The van der Waals surface area contributed by atoms with E-state index >= 15 is 0 Å². The second-order valence-corrected chi connectivity index (χ2v) is 6.37. The molecule has 144 valence electrons.